The third-order valence-corrected chi connectivity index (χ3v) is 6.73. The van der Waals surface area contributed by atoms with Crippen LogP contribution in [-0.2, 0) is 0 Å². The van der Waals surface area contributed by atoms with E-state index in [0.717, 1.165) is 12.3 Å². The van der Waals surface area contributed by atoms with Crippen LogP contribution < -0.4 is 5.32 Å². The Bertz CT molecular complexity index is 354. The fourth-order valence-corrected chi connectivity index (χ4v) is 5.37. The molecule has 0 bridgehead atoms. The van der Waals surface area contributed by atoms with Crippen molar-refractivity contribution >= 4 is 11.8 Å². The molecule has 0 heterocycles. The molecule has 3 aliphatic rings. The second-order valence-electron chi connectivity index (χ2n) is 7.10. The Balaban J connectivity index is 1.42. The summed E-state index contributed by atoms with van der Waals surface area (Å²) in [5, 5.41) is 13.4. The summed E-state index contributed by atoms with van der Waals surface area (Å²) >= 11 is 2.15. The van der Waals surface area contributed by atoms with Crippen LogP contribution in [0.1, 0.15) is 64.2 Å². The van der Waals surface area contributed by atoms with E-state index in [1.807, 2.05) is 0 Å². The largest absolute Gasteiger partial charge is 0.296 e. The second kappa shape index (κ2) is 6.71. The molecule has 0 amide bonds. The highest BCUT2D eigenvalue weighted by atomic mass is 32.2. The molecular formula is C17H28N2S. The topological polar surface area (TPSA) is 35.8 Å². The van der Waals surface area contributed by atoms with E-state index in [1.165, 1.54) is 69.3 Å². The average Bonchev–Trinajstić information content (AvgIpc) is 2.97. The summed E-state index contributed by atoms with van der Waals surface area (Å²) in [7, 11) is 0. The summed E-state index contributed by atoms with van der Waals surface area (Å²) in [6.45, 7) is 0. The molecule has 2 nitrogen and oxygen atoms in total. The Kier molecular flexibility index (Phi) is 4.94. The van der Waals surface area contributed by atoms with Crippen molar-refractivity contribution in [3.05, 3.63) is 0 Å². The van der Waals surface area contributed by atoms with Gasteiger partial charge in [0.1, 0.15) is 5.54 Å². The van der Waals surface area contributed by atoms with Crippen LogP contribution in [0, 0.1) is 23.2 Å². The maximum atomic E-state index is 9.67. The van der Waals surface area contributed by atoms with Gasteiger partial charge in [-0.2, -0.15) is 17.0 Å². The van der Waals surface area contributed by atoms with Crippen molar-refractivity contribution in [3.63, 3.8) is 0 Å². The maximum Gasteiger partial charge on any atom is 0.109 e. The Labute approximate surface area is 128 Å². The zero-order chi connectivity index (χ0) is 13.8. The molecule has 3 fully saturated rings. The van der Waals surface area contributed by atoms with Crippen molar-refractivity contribution in [1.29, 1.82) is 5.26 Å². The minimum absolute atomic E-state index is 0.172. The monoisotopic (exact) mass is 292 g/mol. The van der Waals surface area contributed by atoms with Gasteiger partial charge in [-0.05, 0) is 68.3 Å². The van der Waals surface area contributed by atoms with Gasteiger partial charge >= 0.3 is 0 Å². The van der Waals surface area contributed by atoms with Gasteiger partial charge in [-0.15, -0.1) is 0 Å². The molecule has 3 heteroatoms. The van der Waals surface area contributed by atoms with Gasteiger partial charge in [0.2, 0.25) is 0 Å². The molecule has 0 aromatic heterocycles. The number of nitriles is 1. The first-order valence-electron chi connectivity index (χ1n) is 8.59. The predicted molar refractivity (Wildman–Crippen MR) is 85.7 cm³/mol. The summed E-state index contributed by atoms with van der Waals surface area (Å²) in [6, 6.07) is 3.31. The number of nitrogens with zero attached hydrogens (tertiary/aromatic N) is 1. The van der Waals surface area contributed by atoms with Crippen LogP contribution in [0.3, 0.4) is 0 Å². The highest BCUT2D eigenvalue weighted by Gasteiger charge is 2.45. The molecule has 3 saturated carbocycles. The highest BCUT2D eigenvalue weighted by molar-refractivity contribution is 7.99. The van der Waals surface area contributed by atoms with Gasteiger partial charge in [0.05, 0.1) is 6.07 Å². The lowest BCUT2D eigenvalue weighted by Gasteiger charge is -2.30. The molecule has 0 spiro atoms. The lowest BCUT2D eigenvalue weighted by atomic mass is 9.86. The van der Waals surface area contributed by atoms with Gasteiger partial charge in [-0.25, -0.2) is 0 Å². The zero-order valence-electron chi connectivity index (χ0n) is 12.6. The summed E-state index contributed by atoms with van der Waals surface area (Å²) in [5.41, 5.74) is -0.172. The average molecular weight is 292 g/mol. The molecule has 0 aliphatic heterocycles. The first kappa shape index (κ1) is 14.7. The third kappa shape index (κ3) is 3.52. The fourth-order valence-electron chi connectivity index (χ4n) is 4.08. The molecule has 2 unspecified atom stereocenters. The fraction of sp³-hybridized carbons (Fsp3) is 0.941. The first-order valence-corrected chi connectivity index (χ1v) is 9.74. The van der Waals surface area contributed by atoms with Crippen LogP contribution in [0.2, 0.25) is 0 Å². The van der Waals surface area contributed by atoms with Crippen LogP contribution in [0.25, 0.3) is 0 Å². The van der Waals surface area contributed by atoms with E-state index in [9.17, 15) is 5.26 Å². The first-order chi connectivity index (χ1) is 9.82. The van der Waals surface area contributed by atoms with Crippen molar-refractivity contribution < 1.29 is 0 Å². The standard InChI is InChI=1S/C17H28N2S/c18-13-17(19-16-7-8-16)10-3-6-15(17)9-11-20-12-14-4-1-2-5-14/h14-16,19H,1-12H2. The Morgan fingerprint density at radius 1 is 1.10 bits per heavy atom. The van der Waals surface area contributed by atoms with E-state index in [-0.39, 0.29) is 5.54 Å². The normalized spacial score (nSPS) is 34.5. The molecule has 0 aromatic rings. The second-order valence-corrected chi connectivity index (χ2v) is 8.25. The Morgan fingerprint density at radius 2 is 1.90 bits per heavy atom. The highest BCUT2D eigenvalue weighted by Crippen LogP contribution is 2.40. The smallest absolute Gasteiger partial charge is 0.109 e. The van der Waals surface area contributed by atoms with Gasteiger partial charge in [0, 0.05) is 6.04 Å². The molecular weight excluding hydrogens is 264 g/mol. The van der Waals surface area contributed by atoms with E-state index < -0.39 is 0 Å². The van der Waals surface area contributed by atoms with Crippen molar-refractivity contribution in [2.75, 3.05) is 11.5 Å². The minimum atomic E-state index is -0.172. The molecule has 3 aliphatic carbocycles. The molecule has 0 radical (unpaired) electrons. The van der Waals surface area contributed by atoms with E-state index in [4.69, 9.17) is 0 Å². The maximum absolute atomic E-state index is 9.67. The Hall–Kier alpha value is -0.200. The van der Waals surface area contributed by atoms with Crippen LogP contribution in [-0.4, -0.2) is 23.1 Å². The summed E-state index contributed by atoms with van der Waals surface area (Å²) in [4.78, 5) is 0. The van der Waals surface area contributed by atoms with Crippen molar-refractivity contribution in [2.24, 2.45) is 11.8 Å². The van der Waals surface area contributed by atoms with Crippen LogP contribution in [0.15, 0.2) is 0 Å². The quantitative estimate of drug-likeness (QED) is 0.717. The van der Waals surface area contributed by atoms with Gasteiger partial charge < -0.3 is 0 Å². The molecule has 3 rings (SSSR count). The van der Waals surface area contributed by atoms with Gasteiger partial charge in [0.25, 0.3) is 0 Å². The number of hydrogen-bond acceptors (Lipinski definition) is 3. The summed E-state index contributed by atoms with van der Waals surface area (Å²) in [5.74, 6) is 4.22. The van der Waals surface area contributed by atoms with E-state index in [0.29, 0.717) is 12.0 Å². The predicted octanol–water partition coefficient (Wildman–Crippen LogP) is 4.11. The van der Waals surface area contributed by atoms with Gasteiger partial charge in [0.15, 0.2) is 0 Å². The third-order valence-electron chi connectivity index (χ3n) is 5.50. The number of thioether (sulfide) groups is 1. The van der Waals surface area contributed by atoms with E-state index in [1.54, 1.807) is 0 Å². The van der Waals surface area contributed by atoms with Crippen LogP contribution in [0.4, 0.5) is 0 Å². The molecule has 112 valence electrons. The van der Waals surface area contributed by atoms with Crippen molar-refractivity contribution in [1.82, 2.24) is 5.32 Å². The van der Waals surface area contributed by atoms with Gasteiger partial charge in [-0.3, -0.25) is 5.32 Å². The van der Waals surface area contributed by atoms with Crippen molar-refractivity contribution in [3.8, 4) is 6.07 Å². The number of rotatable bonds is 7. The SMILES string of the molecule is N#CC1(NC2CC2)CCCC1CCSCC1CCCC1. The molecule has 1 N–H and O–H groups in total. The molecule has 0 saturated heterocycles. The number of nitrogens with one attached hydrogen (secondary N) is 1. The Morgan fingerprint density at radius 3 is 2.60 bits per heavy atom. The minimum Gasteiger partial charge on any atom is -0.296 e. The lowest BCUT2D eigenvalue weighted by molar-refractivity contribution is 0.308. The molecule has 2 atom stereocenters. The van der Waals surface area contributed by atoms with E-state index >= 15 is 0 Å². The van der Waals surface area contributed by atoms with Crippen molar-refractivity contribution in [2.45, 2.75) is 75.8 Å². The summed E-state index contributed by atoms with van der Waals surface area (Å²) in [6.07, 6.45) is 13.2. The molecule has 20 heavy (non-hydrogen) atoms. The zero-order valence-corrected chi connectivity index (χ0v) is 13.4. The van der Waals surface area contributed by atoms with E-state index in [2.05, 4.69) is 23.1 Å². The van der Waals surface area contributed by atoms with Gasteiger partial charge in [-0.1, -0.05) is 19.3 Å². The summed E-state index contributed by atoms with van der Waals surface area (Å²) < 4.78 is 0. The van der Waals surface area contributed by atoms with Crippen LogP contribution in [0.5, 0.6) is 0 Å². The lowest BCUT2D eigenvalue weighted by Crippen LogP contribution is -2.48. The van der Waals surface area contributed by atoms with Crippen LogP contribution >= 0.6 is 11.8 Å². The number of hydrogen-bond donors (Lipinski definition) is 1. The molecule has 0 aromatic carbocycles.